The molecule has 4 nitrogen and oxygen atoms in total. The molecule has 1 unspecified atom stereocenters. The first-order chi connectivity index (χ1) is 8.15. The fourth-order valence-corrected chi connectivity index (χ4v) is 2.29. The molecule has 1 amide bonds. The van der Waals surface area contributed by atoms with Gasteiger partial charge >= 0.3 is 0 Å². The lowest BCUT2D eigenvalue weighted by Gasteiger charge is -2.33. The molecule has 0 spiro atoms. The van der Waals surface area contributed by atoms with Crippen molar-refractivity contribution in [2.75, 3.05) is 19.6 Å². The number of nitrogens with one attached hydrogen (secondary N) is 1. The molecule has 17 heavy (non-hydrogen) atoms. The Balaban J connectivity index is 2.36. The summed E-state index contributed by atoms with van der Waals surface area (Å²) in [5, 5.41) is 2.90. The van der Waals surface area contributed by atoms with E-state index in [0.717, 1.165) is 45.2 Å². The second-order valence-corrected chi connectivity index (χ2v) is 4.80. The molecule has 0 radical (unpaired) electrons. The zero-order valence-corrected chi connectivity index (χ0v) is 11.0. The third kappa shape index (κ3) is 4.86. The Bertz CT molecular complexity index is 266. The molecule has 1 rings (SSSR count). The number of likely N-dealkylation sites (tertiary alicyclic amines) is 1. The van der Waals surface area contributed by atoms with Crippen LogP contribution in [0.4, 0.5) is 0 Å². The number of carbonyl (C=O) groups excluding carboxylic acids is 2. The molecule has 1 saturated heterocycles. The van der Waals surface area contributed by atoms with Gasteiger partial charge in [-0.2, -0.15) is 0 Å². The molecule has 0 aromatic heterocycles. The van der Waals surface area contributed by atoms with Crippen LogP contribution in [-0.4, -0.2) is 42.3 Å². The number of ketones is 1. The van der Waals surface area contributed by atoms with Crippen molar-refractivity contribution in [1.29, 1.82) is 0 Å². The number of unbranched alkanes of at least 4 members (excludes halogenated alkanes) is 1. The van der Waals surface area contributed by atoms with Crippen LogP contribution in [0.15, 0.2) is 0 Å². The number of hydrogen-bond donors (Lipinski definition) is 1. The Labute approximate surface area is 104 Å². The molecular weight excluding hydrogens is 216 g/mol. The van der Waals surface area contributed by atoms with Gasteiger partial charge in [-0.3, -0.25) is 14.5 Å². The first-order valence-corrected chi connectivity index (χ1v) is 6.66. The molecule has 1 atom stereocenters. The van der Waals surface area contributed by atoms with Crippen LogP contribution in [0.5, 0.6) is 0 Å². The quantitative estimate of drug-likeness (QED) is 0.713. The maximum absolute atomic E-state index is 11.7. The number of carbonyl (C=O) groups is 2. The number of Topliss-reactive ketones (excluding diaryl/α,β-unsaturated/α-hetero) is 1. The van der Waals surface area contributed by atoms with Crippen LogP contribution >= 0.6 is 0 Å². The van der Waals surface area contributed by atoms with Gasteiger partial charge in [0.1, 0.15) is 5.78 Å². The number of hydrogen-bond acceptors (Lipinski definition) is 3. The first-order valence-electron chi connectivity index (χ1n) is 6.66. The van der Waals surface area contributed by atoms with Gasteiger partial charge in [0.15, 0.2) is 0 Å². The molecule has 1 aliphatic rings. The summed E-state index contributed by atoms with van der Waals surface area (Å²) in [6, 6.07) is -0.0410. The summed E-state index contributed by atoms with van der Waals surface area (Å²) in [5.41, 5.74) is 0. The molecule has 0 aromatic carbocycles. The van der Waals surface area contributed by atoms with Crippen molar-refractivity contribution in [2.45, 2.75) is 52.0 Å². The summed E-state index contributed by atoms with van der Waals surface area (Å²) in [5.74, 6) is 0.234. The largest absolute Gasteiger partial charge is 0.355 e. The molecule has 0 aliphatic carbocycles. The molecule has 4 heteroatoms. The minimum absolute atomic E-state index is 0.0410. The molecule has 1 aliphatic heterocycles. The van der Waals surface area contributed by atoms with Crippen LogP contribution in [0.3, 0.4) is 0 Å². The average molecular weight is 240 g/mol. The minimum Gasteiger partial charge on any atom is -0.355 e. The summed E-state index contributed by atoms with van der Waals surface area (Å²) >= 11 is 0. The lowest BCUT2D eigenvalue weighted by Crippen LogP contribution is -2.48. The van der Waals surface area contributed by atoms with Gasteiger partial charge in [0.25, 0.3) is 0 Å². The van der Waals surface area contributed by atoms with E-state index in [1.807, 2.05) is 4.90 Å². The predicted octanol–water partition coefficient (Wildman–Crippen LogP) is 1.35. The van der Waals surface area contributed by atoms with Crippen molar-refractivity contribution in [2.24, 2.45) is 0 Å². The Morgan fingerprint density at radius 3 is 2.76 bits per heavy atom. The molecule has 1 fully saturated rings. The molecular formula is C13H24N2O2. The van der Waals surface area contributed by atoms with Crippen LogP contribution in [0.1, 0.15) is 46.0 Å². The van der Waals surface area contributed by atoms with Gasteiger partial charge in [-0.05, 0) is 32.7 Å². The number of piperidine rings is 1. The average Bonchev–Trinajstić information content (AvgIpc) is 2.29. The van der Waals surface area contributed by atoms with Gasteiger partial charge in [-0.15, -0.1) is 0 Å². The monoisotopic (exact) mass is 240 g/mol. The lowest BCUT2D eigenvalue weighted by atomic mass is 9.99. The highest BCUT2D eigenvalue weighted by molar-refractivity contribution is 5.83. The van der Waals surface area contributed by atoms with E-state index < -0.39 is 0 Å². The minimum atomic E-state index is -0.0410. The van der Waals surface area contributed by atoms with E-state index in [0.29, 0.717) is 6.54 Å². The summed E-state index contributed by atoms with van der Waals surface area (Å²) < 4.78 is 0. The maximum Gasteiger partial charge on any atom is 0.234 e. The zero-order chi connectivity index (χ0) is 12.7. The SMILES string of the molecule is CCCCNC(=O)CN1CCCCC1C(C)=O. The van der Waals surface area contributed by atoms with E-state index in [1.54, 1.807) is 6.92 Å². The third-order valence-corrected chi connectivity index (χ3v) is 3.28. The highest BCUT2D eigenvalue weighted by atomic mass is 16.2. The number of rotatable bonds is 6. The lowest BCUT2D eigenvalue weighted by molar-refractivity contribution is -0.127. The van der Waals surface area contributed by atoms with E-state index in [4.69, 9.17) is 0 Å². The van der Waals surface area contributed by atoms with Gasteiger partial charge in [-0.25, -0.2) is 0 Å². The zero-order valence-electron chi connectivity index (χ0n) is 11.0. The van der Waals surface area contributed by atoms with Crippen LogP contribution in [0, 0.1) is 0 Å². The van der Waals surface area contributed by atoms with E-state index in [1.165, 1.54) is 0 Å². The standard InChI is InChI=1S/C13H24N2O2/c1-3-4-8-14-13(17)10-15-9-6-5-7-12(15)11(2)16/h12H,3-10H2,1-2H3,(H,14,17). The summed E-state index contributed by atoms with van der Waals surface area (Å²) in [6.45, 7) is 5.70. The summed E-state index contributed by atoms with van der Waals surface area (Å²) in [6.07, 6.45) is 5.18. The van der Waals surface area contributed by atoms with Crippen molar-refractivity contribution in [3.8, 4) is 0 Å². The number of nitrogens with zero attached hydrogens (tertiary/aromatic N) is 1. The predicted molar refractivity (Wildman–Crippen MR) is 67.8 cm³/mol. The summed E-state index contributed by atoms with van der Waals surface area (Å²) in [4.78, 5) is 25.2. The molecule has 1 N–H and O–H groups in total. The third-order valence-electron chi connectivity index (χ3n) is 3.28. The topological polar surface area (TPSA) is 49.4 Å². The molecule has 0 bridgehead atoms. The van der Waals surface area contributed by atoms with E-state index in [2.05, 4.69) is 12.2 Å². The maximum atomic E-state index is 11.7. The fourth-order valence-electron chi connectivity index (χ4n) is 2.29. The van der Waals surface area contributed by atoms with E-state index in [-0.39, 0.29) is 17.7 Å². The summed E-state index contributed by atoms with van der Waals surface area (Å²) in [7, 11) is 0. The second kappa shape index (κ2) is 7.43. The molecule has 0 saturated carbocycles. The van der Waals surface area contributed by atoms with Crippen LogP contribution < -0.4 is 5.32 Å². The van der Waals surface area contributed by atoms with Gasteiger partial charge in [0.05, 0.1) is 12.6 Å². The van der Waals surface area contributed by atoms with Gasteiger partial charge < -0.3 is 5.32 Å². The fraction of sp³-hybridized carbons (Fsp3) is 0.846. The van der Waals surface area contributed by atoms with Gasteiger partial charge in [-0.1, -0.05) is 19.8 Å². The smallest absolute Gasteiger partial charge is 0.234 e. The van der Waals surface area contributed by atoms with Crippen molar-refractivity contribution < 1.29 is 9.59 Å². The second-order valence-electron chi connectivity index (χ2n) is 4.80. The Morgan fingerprint density at radius 1 is 1.35 bits per heavy atom. The van der Waals surface area contributed by atoms with Crippen molar-refractivity contribution >= 4 is 11.7 Å². The Morgan fingerprint density at radius 2 is 2.12 bits per heavy atom. The number of amides is 1. The van der Waals surface area contributed by atoms with Crippen LogP contribution in [-0.2, 0) is 9.59 Å². The molecule has 0 aromatic rings. The first kappa shape index (κ1) is 14.2. The van der Waals surface area contributed by atoms with Gasteiger partial charge in [0.2, 0.25) is 5.91 Å². The van der Waals surface area contributed by atoms with Gasteiger partial charge in [0, 0.05) is 6.54 Å². The highest BCUT2D eigenvalue weighted by Crippen LogP contribution is 2.17. The normalized spacial score (nSPS) is 21.2. The van der Waals surface area contributed by atoms with Crippen molar-refractivity contribution in [3.63, 3.8) is 0 Å². The molecule has 98 valence electrons. The van der Waals surface area contributed by atoms with E-state index in [9.17, 15) is 9.59 Å². The highest BCUT2D eigenvalue weighted by Gasteiger charge is 2.27. The van der Waals surface area contributed by atoms with E-state index >= 15 is 0 Å². The Kier molecular flexibility index (Phi) is 6.19. The Hall–Kier alpha value is -0.900. The van der Waals surface area contributed by atoms with Crippen LogP contribution in [0.25, 0.3) is 0 Å². The molecule has 1 heterocycles. The van der Waals surface area contributed by atoms with Crippen molar-refractivity contribution in [3.05, 3.63) is 0 Å². The van der Waals surface area contributed by atoms with Crippen LogP contribution in [0.2, 0.25) is 0 Å². The van der Waals surface area contributed by atoms with Crippen molar-refractivity contribution in [1.82, 2.24) is 10.2 Å².